The maximum absolute atomic E-state index is 6.30. The first-order valence-electron chi connectivity index (χ1n) is 6.94. The van der Waals surface area contributed by atoms with E-state index in [0.717, 1.165) is 37.8 Å². The monoisotopic (exact) mass is 272 g/mol. The lowest BCUT2D eigenvalue weighted by Crippen LogP contribution is -2.53. The van der Waals surface area contributed by atoms with E-state index in [2.05, 4.69) is 57.4 Å². The van der Waals surface area contributed by atoms with E-state index in [1.807, 2.05) is 0 Å². The first-order chi connectivity index (χ1) is 8.10. The minimum absolute atomic E-state index is 0.0782. The third kappa shape index (κ3) is 4.91. The summed E-state index contributed by atoms with van der Waals surface area (Å²) in [5.41, 5.74) is 0.375. The van der Waals surface area contributed by atoms with Crippen LogP contribution < -0.4 is 0 Å². The first kappa shape index (κ1) is 16.0. The summed E-state index contributed by atoms with van der Waals surface area (Å²) in [6.45, 7) is 18.9. The van der Waals surface area contributed by atoms with Crippen molar-refractivity contribution < 1.29 is 0 Å². The second-order valence-corrected chi connectivity index (χ2v) is 7.67. The smallest absolute Gasteiger partial charge is 0.0207 e. The molecular formula is C15H29ClN2. The lowest BCUT2D eigenvalue weighted by Gasteiger charge is -2.42. The Hall–Kier alpha value is -0.0500. The van der Waals surface area contributed by atoms with Gasteiger partial charge in [-0.25, -0.2) is 0 Å². The van der Waals surface area contributed by atoms with Gasteiger partial charge in [0.1, 0.15) is 0 Å². The molecule has 1 rings (SSSR count). The molecule has 0 atom stereocenters. The number of nitrogens with zero attached hydrogens (tertiary/aromatic N) is 2. The Morgan fingerprint density at radius 1 is 1.00 bits per heavy atom. The molecule has 0 bridgehead atoms. The zero-order valence-electron chi connectivity index (χ0n) is 12.9. The fourth-order valence-corrected chi connectivity index (χ4v) is 2.19. The van der Waals surface area contributed by atoms with E-state index in [4.69, 9.17) is 11.6 Å². The van der Waals surface area contributed by atoms with E-state index in [-0.39, 0.29) is 5.41 Å². The molecule has 0 aromatic carbocycles. The van der Waals surface area contributed by atoms with Gasteiger partial charge < -0.3 is 0 Å². The Balaban J connectivity index is 2.41. The van der Waals surface area contributed by atoms with Crippen molar-refractivity contribution in [3.63, 3.8) is 0 Å². The maximum atomic E-state index is 6.30. The van der Waals surface area contributed by atoms with E-state index in [1.165, 1.54) is 0 Å². The van der Waals surface area contributed by atoms with Gasteiger partial charge in [0.2, 0.25) is 0 Å². The van der Waals surface area contributed by atoms with Gasteiger partial charge in [-0.3, -0.25) is 9.80 Å². The number of allylic oxidation sites excluding steroid dienone is 1. The lowest BCUT2D eigenvalue weighted by atomic mass is 9.96. The number of hydrogen-bond donors (Lipinski definition) is 0. The van der Waals surface area contributed by atoms with Crippen LogP contribution in [0.2, 0.25) is 0 Å². The van der Waals surface area contributed by atoms with Gasteiger partial charge in [-0.15, -0.1) is 0 Å². The summed E-state index contributed by atoms with van der Waals surface area (Å²) < 4.78 is 0. The van der Waals surface area contributed by atoms with Crippen molar-refractivity contribution in [1.29, 1.82) is 0 Å². The summed E-state index contributed by atoms with van der Waals surface area (Å²) in [5, 5.41) is 0.973. The molecule has 18 heavy (non-hydrogen) atoms. The van der Waals surface area contributed by atoms with Crippen LogP contribution in [-0.4, -0.2) is 48.1 Å². The fraction of sp³-hybridized carbons (Fsp3) is 0.867. The van der Waals surface area contributed by atoms with E-state index in [0.29, 0.717) is 5.54 Å². The molecule has 0 unspecified atom stereocenters. The van der Waals surface area contributed by atoms with Gasteiger partial charge in [0, 0.05) is 43.3 Å². The highest BCUT2D eigenvalue weighted by molar-refractivity contribution is 6.30. The molecule has 1 aliphatic heterocycles. The molecule has 1 saturated heterocycles. The van der Waals surface area contributed by atoms with Crippen molar-refractivity contribution in [1.82, 2.24) is 9.80 Å². The molecule has 3 heteroatoms. The van der Waals surface area contributed by atoms with Gasteiger partial charge in [-0.2, -0.15) is 0 Å². The summed E-state index contributed by atoms with van der Waals surface area (Å²) in [5.74, 6) is 0. The topological polar surface area (TPSA) is 6.48 Å². The van der Waals surface area contributed by atoms with Crippen LogP contribution in [0.3, 0.4) is 0 Å². The van der Waals surface area contributed by atoms with Crippen molar-refractivity contribution in [3.8, 4) is 0 Å². The molecule has 1 heterocycles. The van der Waals surface area contributed by atoms with Crippen LogP contribution in [-0.2, 0) is 0 Å². The van der Waals surface area contributed by atoms with E-state index < -0.39 is 0 Å². The third-order valence-corrected chi connectivity index (χ3v) is 4.29. The van der Waals surface area contributed by atoms with Crippen molar-refractivity contribution in [2.45, 2.75) is 47.1 Å². The van der Waals surface area contributed by atoms with Crippen LogP contribution in [0.4, 0.5) is 0 Å². The van der Waals surface area contributed by atoms with Gasteiger partial charge in [0.05, 0.1) is 0 Å². The SMILES string of the molecule is CC(C)(C)/C(Cl)=C/CN1CCN(C(C)(C)C)CC1. The molecule has 0 aliphatic carbocycles. The molecule has 0 radical (unpaired) electrons. The first-order valence-corrected chi connectivity index (χ1v) is 7.32. The molecule has 0 spiro atoms. The minimum Gasteiger partial charge on any atom is -0.297 e. The molecule has 106 valence electrons. The Labute approximate surface area is 118 Å². The molecule has 1 fully saturated rings. The predicted octanol–water partition coefficient (Wildman–Crippen LogP) is 3.57. The summed E-state index contributed by atoms with van der Waals surface area (Å²) in [6.07, 6.45) is 2.17. The van der Waals surface area contributed by atoms with E-state index in [1.54, 1.807) is 0 Å². The van der Waals surface area contributed by atoms with Crippen molar-refractivity contribution in [3.05, 3.63) is 11.1 Å². The average molecular weight is 273 g/mol. The third-order valence-electron chi connectivity index (χ3n) is 3.57. The standard InChI is InChI=1S/C15H29ClN2/c1-14(2,3)13(16)7-8-17-9-11-18(12-10-17)15(4,5)6/h7H,8-12H2,1-6H3/b13-7-. The van der Waals surface area contributed by atoms with Crippen molar-refractivity contribution >= 4 is 11.6 Å². The van der Waals surface area contributed by atoms with Crippen LogP contribution >= 0.6 is 11.6 Å². The molecule has 2 nitrogen and oxygen atoms in total. The molecule has 0 aromatic heterocycles. The quantitative estimate of drug-likeness (QED) is 0.758. The summed E-state index contributed by atoms with van der Waals surface area (Å²) in [6, 6.07) is 0. The van der Waals surface area contributed by atoms with Crippen molar-refractivity contribution in [2.24, 2.45) is 5.41 Å². The summed E-state index contributed by atoms with van der Waals surface area (Å²) in [7, 11) is 0. The van der Waals surface area contributed by atoms with Gasteiger partial charge in [0.25, 0.3) is 0 Å². The molecule has 0 amide bonds. The number of hydrogen-bond acceptors (Lipinski definition) is 2. The minimum atomic E-state index is 0.0782. The number of halogens is 1. The van der Waals surface area contributed by atoms with Crippen LogP contribution in [0.1, 0.15) is 41.5 Å². The Kier molecular flexibility index (Phi) is 5.28. The number of piperazine rings is 1. The van der Waals surface area contributed by atoms with Crippen LogP contribution in [0.15, 0.2) is 11.1 Å². The summed E-state index contributed by atoms with van der Waals surface area (Å²) >= 11 is 6.30. The Morgan fingerprint density at radius 2 is 1.50 bits per heavy atom. The largest absolute Gasteiger partial charge is 0.297 e. The van der Waals surface area contributed by atoms with Crippen LogP contribution in [0.5, 0.6) is 0 Å². The molecule has 0 N–H and O–H groups in total. The zero-order valence-corrected chi connectivity index (χ0v) is 13.6. The van der Waals surface area contributed by atoms with Gasteiger partial charge >= 0.3 is 0 Å². The second kappa shape index (κ2) is 5.94. The highest BCUT2D eigenvalue weighted by Gasteiger charge is 2.25. The average Bonchev–Trinajstić information content (AvgIpc) is 2.24. The molecule has 0 aromatic rings. The maximum Gasteiger partial charge on any atom is 0.0207 e. The van der Waals surface area contributed by atoms with Gasteiger partial charge in [0.15, 0.2) is 0 Å². The van der Waals surface area contributed by atoms with Crippen LogP contribution in [0.25, 0.3) is 0 Å². The molecule has 0 saturated carbocycles. The highest BCUT2D eigenvalue weighted by Crippen LogP contribution is 2.28. The lowest BCUT2D eigenvalue weighted by molar-refractivity contribution is 0.0674. The number of rotatable bonds is 2. The van der Waals surface area contributed by atoms with Crippen molar-refractivity contribution in [2.75, 3.05) is 32.7 Å². The Bertz CT molecular complexity index is 289. The fourth-order valence-electron chi connectivity index (χ4n) is 2.12. The predicted molar refractivity (Wildman–Crippen MR) is 81.2 cm³/mol. The second-order valence-electron chi connectivity index (χ2n) is 7.26. The molecule has 1 aliphatic rings. The Morgan fingerprint density at radius 3 is 1.89 bits per heavy atom. The van der Waals surface area contributed by atoms with E-state index >= 15 is 0 Å². The highest BCUT2D eigenvalue weighted by atomic mass is 35.5. The van der Waals surface area contributed by atoms with Crippen LogP contribution in [0, 0.1) is 5.41 Å². The van der Waals surface area contributed by atoms with Gasteiger partial charge in [-0.1, -0.05) is 38.4 Å². The van der Waals surface area contributed by atoms with E-state index in [9.17, 15) is 0 Å². The summed E-state index contributed by atoms with van der Waals surface area (Å²) in [4.78, 5) is 5.04. The normalized spacial score (nSPS) is 21.4. The molecular weight excluding hydrogens is 244 g/mol. The zero-order chi connectivity index (χ0) is 14.0. The van der Waals surface area contributed by atoms with Gasteiger partial charge in [-0.05, 0) is 26.2 Å².